The first-order valence-electron chi connectivity index (χ1n) is 10.3. The van der Waals surface area contributed by atoms with E-state index in [-0.39, 0.29) is 6.09 Å². The minimum atomic E-state index is -0.408. The van der Waals surface area contributed by atoms with Crippen molar-refractivity contribution in [3.63, 3.8) is 0 Å². The van der Waals surface area contributed by atoms with Gasteiger partial charge in [0.15, 0.2) is 0 Å². The first-order chi connectivity index (χ1) is 12.9. The maximum absolute atomic E-state index is 12.0. The number of hydrogen-bond acceptors (Lipinski definition) is 3. The molecule has 2 unspecified atom stereocenters. The third-order valence-corrected chi connectivity index (χ3v) is 5.39. The van der Waals surface area contributed by atoms with Crippen molar-refractivity contribution in [2.45, 2.75) is 58.6 Å². The van der Waals surface area contributed by atoms with Crippen LogP contribution in [0.3, 0.4) is 0 Å². The largest absolute Gasteiger partial charge is 0.444 e. The van der Waals surface area contributed by atoms with Gasteiger partial charge in [-0.05, 0) is 64.0 Å². The molecule has 1 N–H and O–H groups in total. The molecule has 0 aromatic heterocycles. The Morgan fingerprint density at radius 2 is 1.96 bits per heavy atom. The molecule has 0 bridgehead atoms. The fourth-order valence-corrected chi connectivity index (χ4v) is 3.77. The summed E-state index contributed by atoms with van der Waals surface area (Å²) in [5.74, 6) is 1.29. The lowest BCUT2D eigenvalue weighted by Gasteiger charge is -2.39. The highest BCUT2D eigenvalue weighted by Gasteiger charge is 2.39. The highest BCUT2D eigenvalue weighted by atomic mass is 16.6. The summed E-state index contributed by atoms with van der Waals surface area (Å²) in [6.07, 6.45) is 5.68. The van der Waals surface area contributed by atoms with E-state index in [1.54, 1.807) is 5.57 Å². The number of benzene rings is 1. The van der Waals surface area contributed by atoms with Gasteiger partial charge in [-0.25, -0.2) is 4.79 Å². The predicted octanol–water partition coefficient (Wildman–Crippen LogP) is 4.72. The van der Waals surface area contributed by atoms with E-state index in [2.05, 4.69) is 48.6 Å². The van der Waals surface area contributed by atoms with Crippen LogP contribution in [-0.2, 0) is 4.74 Å². The Hall–Kier alpha value is -1.81. The summed E-state index contributed by atoms with van der Waals surface area (Å²) in [5, 5.41) is 3.71. The Labute approximate surface area is 164 Å². The van der Waals surface area contributed by atoms with Crippen LogP contribution in [0, 0.1) is 11.8 Å². The summed E-state index contributed by atoms with van der Waals surface area (Å²) >= 11 is 0. The van der Waals surface area contributed by atoms with Crippen molar-refractivity contribution >= 4 is 12.2 Å². The van der Waals surface area contributed by atoms with E-state index in [9.17, 15) is 4.79 Å². The normalized spacial score (nSPS) is 23.1. The van der Waals surface area contributed by atoms with Crippen molar-refractivity contribution in [3.05, 3.63) is 41.5 Å². The highest BCUT2D eigenvalue weighted by molar-refractivity contribution is 5.69. The van der Waals surface area contributed by atoms with Gasteiger partial charge >= 0.3 is 6.09 Å². The van der Waals surface area contributed by atoms with Crippen molar-refractivity contribution in [1.29, 1.82) is 0 Å². The second-order valence-corrected chi connectivity index (χ2v) is 8.93. The second kappa shape index (κ2) is 8.47. The van der Waals surface area contributed by atoms with E-state index in [0.29, 0.717) is 17.9 Å². The molecular weight excluding hydrogens is 336 g/mol. The van der Waals surface area contributed by atoms with Crippen molar-refractivity contribution in [3.8, 4) is 0 Å². The first kappa shape index (κ1) is 19.9. The number of hydrogen-bond donors (Lipinski definition) is 1. The average molecular weight is 371 g/mol. The minimum absolute atomic E-state index is 0.174. The van der Waals surface area contributed by atoms with Crippen LogP contribution >= 0.6 is 0 Å². The van der Waals surface area contributed by atoms with Crippen LogP contribution in [0.5, 0.6) is 0 Å². The number of nitrogens with zero attached hydrogens (tertiary/aromatic N) is 1. The predicted molar refractivity (Wildman–Crippen MR) is 111 cm³/mol. The molecule has 4 heteroatoms. The average Bonchev–Trinajstić information content (AvgIpc) is 3.33. The topological polar surface area (TPSA) is 41.6 Å². The molecule has 0 radical (unpaired) electrons. The van der Waals surface area contributed by atoms with Gasteiger partial charge in [0.1, 0.15) is 5.60 Å². The molecule has 1 aromatic carbocycles. The van der Waals surface area contributed by atoms with Gasteiger partial charge in [-0.3, -0.25) is 0 Å². The molecule has 3 rings (SSSR count). The van der Waals surface area contributed by atoms with Crippen LogP contribution in [0.1, 0.15) is 52.5 Å². The van der Waals surface area contributed by atoms with E-state index >= 15 is 0 Å². The quantitative estimate of drug-likeness (QED) is 0.755. The Bertz CT molecular complexity index is 657. The van der Waals surface area contributed by atoms with Crippen LogP contribution < -0.4 is 5.32 Å². The summed E-state index contributed by atoms with van der Waals surface area (Å²) < 4.78 is 5.41. The molecule has 1 saturated heterocycles. The monoisotopic (exact) mass is 370 g/mol. The number of carbonyl (C=O) groups excluding carboxylic acids is 1. The number of rotatable bonds is 7. The van der Waals surface area contributed by atoms with Gasteiger partial charge in [-0.2, -0.15) is 0 Å². The standard InChI is InChI=1S/C23H34N2O2/c1-5-19(13-17-9-7-6-8-10-17)20-14-21(20)24-12-11-18-15-25(16-18)22(26)27-23(2,3)4/h6-10,13,18,20-21,24H,5,11-12,14-16H2,1-4H3/b19-13+. The first-order valence-corrected chi connectivity index (χ1v) is 10.3. The molecule has 1 aliphatic heterocycles. The molecule has 1 heterocycles. The third-order valence-electron chi connectivity index (χ3n) is 5.39. The molecule has 0 spiro atoms. The fourth-order valence-electron chi connectivity index (χ4n) is 3.77. The van der Waals surface area contributed by atoms with E-state index < -0.39 is 5.60 Å². The van der Waals surface area contributed by atoms with E-state index in [4.69, 9.17) is 4.74 Å². The number of amides is 1. The third kappa shape index (κ3) is 5.83. The minimum Gasteiger partial charge on any atom is -0.444 e. The van der Waals surface area contributed by atoms with Crippen molar-refractivity contribution in [2.75, 3.05) is 19.6 Å². The summed E-state index contributed by atoms with van der Waals surface area (Å²) in [7, 11) is 0. The van der Waals surface area contributed by atoms with Crippen molar-refractivity contribution in [2.24, 2.45) is 11.8 Å². The Balaban J connectivity index is 1.34. The van der Waals surface area contributed by atoms with E-state index in [0.717, 1.165) is 32.5 Å². The van der Waals surface area contributed by atoms with Crippen LogP contribution in [0.15, 0.2) is 35.9 Å². The molecule has 1 aliphatic carbocycles. The molecule has 148 valence electrons. The van der Waals surface area contributed by atoms with E-state index in [1.165, 1.54) is 12.0 Å². The molecular formula is C23H34N2O2. The van der Waals surface area contributed by atoms with Crippen LogP contribution in [0.2, 0.25) is 0 Å². The van der Waals surface area contributed by atoms with Gasteiger partial charge in [-0.15, -0.1) is 0 Å². The summed E-state index contributed by atoms with van der Waals surface area (Å²) in [6, 6.07) is 11.2. The zero-order valence-corrected chi connectivity index (χ0v) is 17.2. The molecule has 2 fully saturated rings. The maximum atomic E-state index is 12.0. The number of carbonyl (C=O) groups is 1. The van der Waals surface area contributed by atoms with Gasteiger partial charge in [0.2, 0.25) is 0 Å². The SMILES string of the molecule is CC/C(=C\c1ccccc1)C1CC1NCCC1CN(C(=O)OC(C)(C)C)C1. The Morgan fingerprint density at radius 1 is 1.26 bits per heavy atom. The summed E-state index contributed by atoms with van der Waals surface area (Å²) in [4.78, 5) is 13.8. The number of likely N-dealkylation sites (tertiary alicyclic amines) is 1. The highest BCUT2D eigenvalue weighted by Crippen LogP contribution is 2.39. The van der Waals surface area contributed by atoms with Crippen LogP contribution in [0.4, 0.5) is 4.79 Å². The van der Waals surface area contributed by atoms with Crippen molar-refractivity contribution in [1.82, 2.24) is 10.2 Å². The number of nitrogens with one attached hydrogen (secondary N) is 1. The molecule has 27 heavy (non-hydrogen) atoms. The Morgan fingerprint density at radius 3 is 2.59 bits per heavy atom. The molecule has 2 aliphatic rings. The smallest absolute Gasteiger partial charge is 0.410 e. The van der Waals surface area contributed by atoms with E-state index in [1.807, 2.05) is 25.7 Å². The zero-order valence-electron chi connectivity index (χ0n) is 17.2. The summed E-state index contributed by atoms with van der Waals surface area (Å²) in [6.45, 7) is 10.7. The molecule has 1 amide bonds. The second-order valence-electron chi connectivity index (χ2n) is 8.93. The zero-order chi connectivity index (χ0) is 19.4. The lowest BCUT2D eigenvalue weighted by Crippen LogP contribution is -2.52. The maximum Gasteiger partial charge on any atom is 0.410 e. The van der Waals surface area contributed by atoms with Crippen molar-refractivity contribution < 1.29 is 9.53 Å². The van der Waals surface area contributed by atoms with Gasteiger partial charge < -0.3 is 15.0 Å². The molecule has 1 saturated carbocycles. The van der Waals surface area contributed by atoms with Gasteiger partial charge in [0, 0.05) is 19.1 Å². The lowest BCUT2D eigenvalue weighted by atomic mass is 9.97. The molecule has 2 atom stereocenters. The number of ether oxygens (including phenoxy) is 1. The Kier molecular flexibility index (Phi) is 6.25. The lowest BCUT2D eigenvalue weighted by molar-refractivity contribution is -0.00204. The molecule has 1 aromatic rings. The molecule has 4 nitrogen and oxygen atoms in total. The van der Waals surface area contributed by atoms with Gasteiger partial charge in [-0.1, -0.05) is 48.9 Å². The fraction of sp³-hybridized carbons (Fsp3) is 0.609. The van der Waals surface area contributed by atoms with Gasteiger partial charge in [0.05, 0.1) is 0 Å². The summed E-state index contributed by atoms with van der Waals surface area (Å²) in [5.41, 5.74) is 2.45. The van der Waals surface area contributed by atoms with Crippen LogP contribution in [0.25, 0.3) is 6.08 Å². The van der Waals surface area contributed by atoms with Crippen LogP contribution in [-0.4, -0.2) is 42.3 Å². The van der Waals surface area contributed by atoms with Gasteiger partial charge in [0.25, 0.3) is 0 Å².